The van der Waals surface area contributed by atoms with E-state index < -0.39 is 19.1 Å². The van der Waals surface area contributed by atoms with Crippen molar-refractivity contribution in [1.29, 1.82) is 0 Å². The maximum absolute atomic E-state index is 12.6. The number of alkyl halides is 4. The lowest BCUT2D eigenvalue weighted by atomic mass is 10.2. The molecule has 0 spiro atoms. The van der Waals surface area contributed by atoms with E-state index in [1.54, 1.807) is 17.1 Å². The standard InChI is InChI=1S/C20H26BrF3N8O2/c21-6-1-9-33-16-4-2-14(3-5-16)10-26-17-29-18(28-15-11-27-32(12-15)8-7-25)31-19(30-17)34-13-20(22,23)24/h2-5,11-12,17,26H,1,6-10,13,25H2,(H2,28,29,30,31). The summed E-state index contributed by atoms with van der Waals surface area (Å²) in [5.41, 5.74) is 7.02. The van der Waals surface area contributed by atoms with Gasteiger partial charge in [0.05, 0.1) is 25.0 Å². The molecule has 1 aromatic heterocycles. The molecular formula is C20H26BrF3N8O2. The zero-order chi connectivity index (χ0) is 24.4. The third kappa shape index (κ3) is 8.83. The van der Waals surface area contributed by atoms with Crippen LogP contribution in [0.4, 0.5) is 18.9 Å². The summed E-state index contributed by atoms with van der Waals surface area (Å²) < 4.78 is 49.9. The van der Waals surface area contributed by atoms with E-state index in [4.69, 9.17) is 15.2 Å². The fourth-order valence-electron chi connectivity index (χ4n) is 2.78. The van der Waals surface area contributed by atoms with Crippen LogP contribution in [0.5, 0.6) is 5.75 Å². The highest BCUT2D eigenvalue weighted by atomic mass is 79.9. The molecule has 1 aromatic carbocycles. The molecule has 0 amide bonds. The molecule has 0 saturated heterocycles. The number of hydrogen-bond donors (Lipinski definition) is 4. The lowest BCUT2D eigenvalue weighted by Crippen LogP contribution is -2.45. The van der Waals surface area contributed by atoms with Gasteiger partial charge in [-0.1, -0.05) is 28.1 Å². The summed E-state index contributed by atoms with van der Waals surface area (Å²) in [6.45, 7) is 0.437. The topological polar surface area (TPSA) is 123 Å². The Kier molecular flexibility index (Phi) is 9.53. The molecule has 1 unspecified atom stereocenters. The van der Waals surface area contributed by atoms with E-state index in [1.807, 2.05) is 24.3 Å². The van der Waals surface area contributed by atoms with E-state index in [-0.39, 0.29) is 12.0 Å². The van der Waals surface area contributed by atoms with Crippen molar-refractivity contribution in [3.8, 4) is 5.75 Å². The van der Waals surface area contributed by atoms with Crippen LogP contribution in [0.1, 0.15) is 12.0 Å². The summed E-state index contributed by atoms with van der Waals surface area (Å²) in [4.78, 5) is 8.43. The van der Waals surface area contributed by atoms with E-state index in [2.05, 4.69) is 47.0 Å². The van der Waals surface area contributed by atoms with Crippen molar-refractivity contribution >= 4 is 33.6 Å². The van der Waals surface area contributed by atoms with Crippen LogP contribution in [-0.2, 0) is 17.8 Å². The number of anilines is 1. The van der Waals surface area contributed by atoms with Gasteiger partial charge in [-0.2, -0.15) is 23.3 Å². The molecule has 2 aromatic rings. The molecule has 1 aliphatic heterocycles. The van der Waals surface area contributed by atoms with Crippen molar-refractivity contribution in [3.63, 3.8) is 0 Å². The summed E-state index contributed by atoms with van der Waals surface area (Å²) >= 11 is 3.35. The third-order valence-electron chi connectivity index (χ3n) is 4.30. The Morgan fingerprint density at radius 2 is 1.97 bits per heavy atom. The first-order valence-electron chi connectivity index (χ1n) is 10.5. The number of rotatable bonds is 11. The zero-order valence-corrected chi connectivity index (χ0v) is 19.8. The summed E-state index contributed by atoms with van der Waals surface area (Å²) in [5, 5.41) is 13.7. The molecule has 186 valence electrons. The highest BCUT2D eigenvalue weighted by Gasteiger charge is 2.30. The summed E-state index contributed by atoms with van der Waals surface area (Å²) in [5.74, 6) is 0.916. The molecule has 0 saturated carbocycles. The first-order chi connectivity index (χ1) is 16.3. The molecular weight excluding hydrogens is 521 g/mol. The predicted molar refractivity (Wildman–Crippen MR) is 126 cm³/mol. The number of ether oxygens (including phenoxy) is 2. The highest BCUT2D eigenvalue weighted by Crippen LogP contribution is 2.16. The summed E-state index contributed by atoms with van der Waals surface area (Å²) in [6, 6.07) is 7.17. The van der Waals surface area contributed by atoms with Crippen LogP contribution in [-0.4, -0.2) is 59.3 Å². The number of amidine groups is 1. The zero-order valence-electron chi connectivity index (χ0n) is 18.2. The van der Waals surface area contributed by atoms with Gasteiger partial charge in [0.15, 0.2) is 6.61 Å². The van der Waals surface area contributed by atoms with Gasteiger partial charge >= 0.3 is 6.18 Å². The number of nitrogens with one attached hydrogen (secondary N) is 3. The van der Waals surface area contributed by atoms with Crippen molar-refractivity contribution in [1.82, 2.24) is 20.4 Å². The molecule has 3 rings (SSSR count). The van der Waals surface area contributed by atoms with Gasteiger partial charge in [0.2, 0.25) is 12.2 Å². The van der Waals surface area contributed by atoms with Crippen molar-refractivity contribution in [2.24, 2.45) is 15.7 Å². The lowest BCUT2D eigenvalue weighted by molar-refractivity contribution is -0.156. The van der Waals surface area contributed by atoms with Crippen LogP contribution in [0.25, 0.3) is 0 Å². The van der Waals surface area contributed by atoms with E-state index in [0.717, 1.165) is 23.1 Å². The SMILES string of the molecule is NCCn1cc(NC2=NC(NCc3ccc(OCCCBr)cc3)N=C(OCC(F)(F)F)N2)cn1. The Labute approximate surface area is 202 Å². The molecule has 14 heteroatoms. The van der Waals surface area contributed by atoms with E-state index in [0.29, 0.717) is 31.9 Å². The Balaban J connectivity index is 1.63. The molecule has 5 N–H and O–H groups in total. The highest BCUT2D eigenvalue weighted by molar-refractivity contribution is 9.09. The number of halogens is 4. The van der Waals surface area contributed by atoms with Crippen LogP contribution in [0.15, 0.2) is 46.6 Å². The van der Waals surface area contributed by atoms with Crippen molar-refractivity contribution in [3.05, 3.63) is 42.2 Å². The first kappa shape index (κ1) is 25.8. The van der Waals surface area contributed by atoms with Gasteiger partial charge in [0.1, 0.15) is 5.75 Å². The van der Waals surface area contributed by atoms with E-state index in [9.17, 15) is 13.2 Å². The number of benzene rings is 1. The molecule has 1 aliphatic rings. The second-order valence-electron chi connectivity index (χ2n) is 7.14. The van der Waals surface area contributed by atoms with Gasteiger partial charge in [-0.25, -0.2) is 4.99 Å². The maximum atomic E-state index is 12.6. The Morgan fingerprint density at radius 3 is 2.68 bits per heavy atom. The minimum Gasteiger partial charge on any atom is -0.494 e. The molecule has 10 nitrogen and oxygen atoms in total. The predicted octanol–water partition coefficient (Wildman–Crippen LogP) is 2.38. The Morgan fingerprint density at radius 1 is 1.18 bits per heavy atom. The van der Waals surface area contributed by atoms with Gasteiger partial charge < -0.3 is 20.5 Å². The first-order valence-corrected chi connectivity index (χ1v) is 11.6. The number of aromatic nitrogens is 2. The second-order valence-corrected chi connectivity index (χ2v) is 7.93. The number of guanidine groups is 1. The average molecular weight is 547 g/mol. The van der Waals surface area contributed by atoms with Gasteiger partial charge in [0.25, 0.3) is 6.02 Å². The maximum Gasteiger partial charge on any atom is 0.422 e. The fourth-order valence-corrected chi connectivity index (χ4v) is 3.01. The average Bonchev–Trinajstić information content (AvgIpc) is 3.24. The fraction of sp³-hybridized carbons (Fsp3) is 0.450. The third-order valence-corrected chi connectivity index (χ3v) is 4.86. The van der Waals surface area contributed by atoms with Crippen LogP contribution in [0.2, 0.25) is 0 Å². The molecule has 0 radical (unpaired) electrons. The largest absolute Gasteiger partial charge is 0.494 e. The van der Waals surface area contributed by atoms with E-state index >= 15 is 0 Å². The molecule has 0 fully saturated rings. The molecule has 34 heavy (non-hydrogen) atoms. The van der Waals surface area contributed by atoms with Gasteiger partial charge in [-0.15, -0.1) is 0 Å². The minimum absolute atomic E-state index is 0.160. The normalized spacial score (nSPS) is 15.9. The monoisotopic (exact) mass is 546 g/mol. The molecule has 2 heterocycles. The number of aliphatic imine (C=N–C) groups is 2. The van der Waals surface area contributed by atoms with Gasteiger partial charge in [0, 0.05) is 24.6 Å². The van der Waals surface area contributed by atoms with Gasteiger partial charge in [-0.05, 0) is 24.1 Å². The second kappa shape index (κ2) is 12.6. The van der Waals surface area contributed by atoms with Gasteiger partial charge in [-0.3, -0.25) is 15.3 Å². The lowest BCUT2D eigenvalue weighted by Gasteiger charge is -2.22. The molecule has 0 bridgehead atoms. The summed E-state index contributed by atoms with van der Waals surface area (Å²) in [7, 11) is 0. The van der Waals surface area contributed by atoms with Crippen LogP contribution >= 0.6 is 15.9 Å². The minimum atomic E-state index is -4.50. The number of hydrogen-bond acceptors (Lipinski definition) is 9. The van der Waals surface area contributed by atoms with Crippen LogP contribution in [0, 0.1) is 0 Å². The van der Waals surface area contributed by atoms with Crippen molar-refractivity contribution < 1.29 is 22.6 Å². The van der Waals surface area contributed by atoms with Crippen LogP contribution in [0.3, 0.4) is 0 Å². The van der Waals surface area contributed by atoms with Crippen LogP contribution < -0.4 is 26.4 Å². The quantitative estimate of drug-likeness (QED) is 0.252. The Hall–Kier alpha value is -2.84. The molecule has 0 aliphatic carbocycles. The Bertz CT molecular complexity index is 965. The summed E-state index contributed by atoms with van der Waals surface area (Å²) in [6.07, 6.45) is -1.23. The number of nitrogens with zero attached hydrogens (tertiary/aromatic N) is 4. The van der Waals surface area contributed by atoms with Crippen molar-refractivity contribution in [2.45, 2.75) is 32.0 Å². The van der Waals surface area contributed by atoms with E-state index in [1.165, 1.54) is 0 Å². The number of nitrogens with two attached hydrogens (primary N) is 1. The van der Waals surface area contributed by atoms with Crippen molar-refractivity contribution in [2.75, 3.05) is 30.4 Å². The molecule has 1 atom stereocenters. The smallest absolute Gasteiger partial charge is 0.422 e.